The van der Waals surface area contributed by atoms with Gasteiger partial charge in [-0.05, 0) is 49.5 Å². The van der Waals surface area contributed by atoms with Crippen molar-refractivity contribution in [1.29, 1.82) is 0 Å². The molecule has 0 aromatic rings. The first-order valence-corrected chi connectivity index (χ1v) is 11.6. The molecule has 12 atom stereocenters. The molecule has 5 saturated carbocycles. The van der Waals surface area contributed by atoms with Crippen molar-refractivity contribution in [2.24, 2.45) is 40.4 Å². The summed E-state index contributed by atoms with van der Waals surface area (Å²) in [5.41, 5.74) is -0.424. The molecule has 6 fully saturated rings. The van der Waals surface area contributed by atoms with Crippen LogP contribution in [0.25, 0.3) is 0 Å². The van der Waals surface area contributed by atoms with E-state index in [1.807, 2.05) is 7.11 Å². The van der Waals surface area contributed by atoms with Gasteiger partial charge in [-0.2, -0.15) is 0 Å². The van der Waals surface area contributed by atoms with Gasteiger partial charge in [0.2, 0.25) is 0 Å². The first kappa shape index (κ1) is 18.6. The molecule has 1 heterocycles. The molecule has 6 rings (SSSR count). The zero-order valence-electron chi connectivity index (χ0n) is 17.8. The number of likely N-dealkylation sites (tertiary alicyclic amines) is 1. The average molecular weight is 392 g/mol. The van der Waals surface area contributed by atoms with Gasteiger partial charge in [-0.3, -0.25) is 4.90 Å². The molecule has 1 spiro atoms. The van der Waals surface area contributed by atoms with E-state index in [4.69, 9.17) is 9.47 Å². The van der Waals surface area contributed by atoms with Crippen molar-refractivity contribution in [2.75, 3.05) is 27.3 Å². The van der Waals surface area contributed by atoms with Gasteiger partial charge < -0.3 is 19.7 Å². The fourth-order valence-corrected chi connectivity index (χ4v) is 10.4. The van der Waals surface area contributed by atoms with Crippen LogP contribution in [0.15, 0.2) is 0 Å². The number of hydrogen-bond acceptors (Lipinski definition) is 5. The SMILES string of the molecule is CCN1C[C@]2(C)CC[C@H](OC)C34[C@@H]5C[C@H]6[C@H](O)[C@@H]5[C@](O)(C[C@@H]6OC)[C@@H](C[C@@H]32)[C@@H]14. The number of ether oxygens (including phenoxy) is 2. The third kappa shape index (κ3) is 1.73. The van der Waals surface area contributed by atoms with Gasteiger partial charge in [0.15, 0.2) is 0 Å². The minimum atomic E-state index is -0.804. The van der Waals surface area contributed by atoms with Crippen molar-refractivity contribution in [3.8, 4) is 0 Å². The summed E-state index contributed by atoms with van der Waals surface area (Å²) in [5.74, 6) is 1.32. The van der Waals surface area contributed by atoms with Crippen LogP contribution in [0.2, 0.25) is 0 Å². The summed E-state index contributed by atoms with van der Waals surface area (Å²) in [6, 6.07) is 0.383. The third-order valence-corrected chi connectivity index (χ3v) is 10.9. The van der Waals surface area contributed by atoms with Gasteiger partial charge in [-0.1, -0.05) is 13.8 Å². The Balaban J connectivity index is 1.59. The Morgan fingerprint density at radius 1 is 1.14 bits per heavy atom. The standard InChI is InChI=1S/C23H37NO4/c1-5-24-11-21(2)7-6-17(28-4)23-13-8-12-15(27-3)10-22(26,18(13)19(12)25)14(20(23)24)9-16(21)23/h12-20,25-26H,5-11H2,1-4H3/t12-,13-,14+,15+,16-,17+,18-,19+,20-,21+,22+,23?/m1/s1. The van der Waals surface area contributed by atoms with Crippen molar-refractivity contribution in [3.63, 3.8) is 0 Å². The Hall–Kier alpha value is -0.200. The lowest BCUT2D eigenvalue weighted by Gasteiger charge is -2.69. The van der Waals surface area contributed by atoms with Crippen molar-refractivity contribution in [3.05, 3.63) is 0 Å². The molecule has 0 aromatic carbocycles. The fraction of sp³-hybridized carbons (Fsp3) is 1.00. The van der Waals surface area contributed by atoms with Crippen LogP contribution in [0.1, 0.15) is 46.0 Å². The average Bonchev–Trinajstić information content (AvgIpc) is 3.10. The van der Waals surface area contributed by atoms with Crippen LogP contribution in [0.3, 0.4) is 0 Å². The summed E-state index contributed by atoms with van der Waals surface area (Å²) in [4.78, 5) is 2.70. The van der Waals surface area contributed by atoms with Crippen LogP contribution in [0.5, 0.6) is 0 Å². The zero-order chi connectivity index (χ0) is 19.6. The van der Waals surface area contributed by atoms with Gasteiger partial charge in [0.25, 0.3) is 0 Å². The molecule has 158 valence electrons. The minimum absolute atomic E-state index is 0.00745. The molecular weight excluding hydrogens is 354 g/mol. The fourth-order valence-electron chi connectivity index (χ4n) is 10.4. The molecular formula is C23H37NO4. The maximum Gasteiger partial charge on any atom is 0.0771 e. The lowest BCUT2D eigenvalue weighted by molar-refractivity contribution is -0.270. The second-order valence-corrected chi connectivity index (χ2v) is 11.3. The van der Waals surface area contributed by atoms with E-state index in [1.54, 1.807) is 7.11 Å². The molecule has 7 bridgehead atoms. The van der Waals surface area contributed by atoms with Crippen LogP contribution in [0, 0.1) is 40.4 Å². The number of aliphatic hydroxyl groups is 2. The molecule has 1 aliphatic heterocycles. The Morgan fingerprint density at radius 2 is 1.93 bits per heavy atom. The lowest BCUT2D eigenvalue weighted by Crippen LogP contribution is -2.75. The summed E-state index contributed by atoms with van der Waals surface area (Å²) < 4.78 is 12.1. The van der Waals surface area contributed by atoms with E-state index < -0.39 is 11.7 Å². The third-order valence-electron chi connectivity index (χ3n) is 10.9. The highest BCUT2D eigenvalue weighted by molar-refractivity contribution is 5.32. The molecule has 6 aliphatic rings. The van der Waals surface area contributed by atoms with E-state index in [9.17, 15) is 10.2 Å². The van der Waals surface area contributed by atoms with Gasteiger partial charge in [0.05, 0.1) is 23.9 Å². The van der Waals surface area contributed by atoms with Gasteiger partial charge in [-0.15, -0.1) is 0 Å². The van der Waals surface area contributed by atoms with Crippen LogP contribution in [-0.4, -0.2) is 72.4 Å². The molecule has 1 saturated heterocycles. The van der Waals surface area contributed by atoms with E-state index >= 15 is 0 Å². The monoisotopic (exact) mass is 391 g/mol. The normalized spacial score (nSPS) is 64.3. The molecule has 0 aromatic heterocycles. The van der Waals surface area contributed by atoms with Crippen molar-refractivity contribution in [1.82, 2.24) is 4.90 Å². The van der Waals surface area contributed by atoms with Gasteiger partial charge in [-0.25, -0.2) is 0 Å². The van der Waals surface area contributed by atoms with Gasteiger partial charge in [0, 0.05) is 56.4 Å². The van der Waals surface area contributed by atoms with E-state index in [0.717, 1.165) is 32.4 Å². The predicted octanol–water partition coefficient (Wildman–Crippen LogP) is 1.90. The number of nitrogens with zero attached hydrogens (tertiary/aromatic N) is 1. The maximum atomic E-state index is 12.3. The molecule has 2 N–H and O–H groups in total. The second-order valence-electron chi connectivity index (χ2n) is 11.3. The van der Waals surface area contributed by atoms with E-state index in [2.05, 4.69) is 18.7 Å². The first-order valence-electron chi connectivity index (χ1n) is 11.6. The van der Waals surface area contributed by atoms with Crippen molar-refractivity contribution < 1.29 is 19.7 Å². The summed E-state index contributed by atoms with van der Waals surface area (Å²) in [6.07, 6.45) is 4.90. The lowest BCUT2D eigenvalue weighted by atomic mass is 9.43. The highest BCUT2D eigenvalue weighted by Gasteiger charge is 2.83. The molecule has 5 aliphatic carbocycles. The number of methoxy groups -OCH3 is 2. The number of aliphatic hydroxyl groups excluding tert-OH is 1. The zero-order valence-corrected chi connectivity index (χ0v) is 17.8. The second kappa shape index (κ2) is 5.53. The van der Waals surface area contributed by atoms with Crippen LogP contribution in [0.4, 0.5) is 0 Å². The summed E-state index contributed by atoms with van der Waals surface area (Å²) in [7, 11) is 3.66. The summed E-state index contributed by atoms with van der Waals surface area (Å²) in [6.45, 7) is 6.98. The van der Waals surface area contributed by atoms with Crippen LogP contribution in [-0.2, 0) is 9.47 Å². The van der Waals surface area contributed by atoms with E-state index in [0.29, 0.717) is 29.7 Å². The van der Waals surface area contributed by atoms with Crippen molar-refractivity contribution in [2.45, 2.75) is 75.9 Å². The Morgan fingerprint density at radius 3 is 2.61 bits per heavy atom. The minimum Gasteiger partial charge on any atom is -0.392 e. The van der Waals surface area contributed by atoms with E-state index in [-0.39, 0.29) is 35.4 Å². The highest BCUT2D eigenvalue weighted by Crippen LogP contribution is 2.78. The van der Waals surface area contributed by atoms with Crippen LogP contribution >= 0.6 is 0 Å². The number of piperidine rings is 1. The van der Waals surface area contributed by atoms with Crippen molar-refractivity contribution >= 4 is 0 Å². The van der Waals surface area contributed by atoms with Crippen LogP contribution < -0.4 is 0 Å². The molecule has 28 heavy (non-hydrogen) atoms. The summed E-state index contributed by atoms with van der Waals surface area (Å²) in [5, 5.41) is 23.6. The molecule has 0 amide bonds. The quantitative estimate of drug-likeness (QED) is 0.770. The predicted molar refractivity (Wildman–Crippen MR) is 105 cm³/mol. The molecule has 5 nitrogen and oxygen atoms in total. The molecule has 0 radical (unpaired) electrons. The first-order chi connectivity index (χ1) is 13.4. The number of rotatable bonds is 3. The molecule has 5 heteroatoms. The van der Waals surface area contributed by atoms with E-state index in [1.165, 1.54) is 6.42 Å². The highest BCUT2D eigenvalue weighted by atomic mass is 16.5. The smallest absolute Gasteiger partial charge is 0.0771 e. The molecule has 1 unspecified atom stereocenters. The Labute approximate surface area is 168 Å². The number of fused-ring (bicyclic) bond motifs is 2. The van der Waals surface area contributed by atoms with Gasteiger partial charge in [0.1, 0.15) is 0 Å². The number of hydrogen-bond donors (Lipinski definition) is 2. The Kier molecular flexibility index (Phi) is 3.67. The van der Waals surface area contributed by atoms with Gasteiger partial charge >= 0.3 is 0 Å². The summed E-state index contributed by atoms with van der Waals surface area (Å²) >= 11 is 0. The maximum absolute atomic E-state index is 12.3. The topological polar surface area (TPSA) is 62.2 Å². The Bertz CT molecular complexity index is 688. The largest absolute Gasteiger partial charge is 0.392 e.